The fourth-order valence-electron chi connectivity index (χ4n) is 2.46. The molecule has 0 aliphatic heterocycles. The second-order valence-electron chi connectivity index (χ2n) is 6.62. The van der Waals surface area contributed by atoms with Crippen LogP contribution in [0.3, 0.4) is 0 Å². The number of rotatable bonds is 17. The molecule has 1 N–H and O–H groups in total. The van der Waals surface area contributed by atoms with Gasteiger partial charge in [0.15, 0.2) is 0 Å². The third-order valence-corrected chi connectivity index (χ3v) is 4.24. The summed E-state index contributed by atoms with van der Waals surface area (Å²) in [6, 6.07) is 0. The van der Waals surface area contributed by atoms with Crippen LogP contribution in [-0.2, 0) is 14.2 Å². The molecule has 3 atom stereocenters. The van der Waals surface area contributed by atoms with E-state index in [1.54, 1.807) is 7.11 Å². The minimum absolute atomic E-state index is 0.288. The smallest absolute Gasteiger partial charge is 0.0547 e. The molecule has 0 radical (unpaired) electrons. The lowest BCUT2D eigenvalue weighted by Crippen LogP contribution is -2.12. The summed E-state index contributed by atoms with van der Waals surface area (Å²) in [5, 5.41) is 8.75. The van der Waals surface area contributed by atoms with Gasteiger partial charge in [-0.05, 0) is 78.6 Å². The Morgan fingerprint density at radius 2 is 1.09 bits per heavy atom. The summed E-state index contributed by atoms with van der Waals surface area (Å²) < 4.78 is 16.9. The highest BCUT2D eigenvalue weighted by Crippen LogP contribution is 2.09. The van der Waals surface area contributed by atoms with Crippen molar-refractivity contribution in [1.82, 2.24) is 0 Å². The van der Waals surface area contributed by atoms with Crippen LogP contribution in [0.25, 0.3) is 0 Å². The van der Waals surface area contributed by atoms with Crippen molar-refractivity contribution in [3.63, 3.8) is 0 Å². The number of hydrogen-bond donors (Lipinski definition) is 1. The Morgan fingerprint density at radius 3 is 1.52 bits per heavy atom. The van der Waals surface area contributed by atoms with Crippen LogP contribution in [0, 0.1) is 0 Å². The van der Waals surface area contributed by atoms with Crippen molar-refractivity contribution >= 4 is 0 Å². The van der Waals surface area contributed by atoms with Crippen molar-refractivity contribution in [1.29, 1.82) is 0 Å². The zero-order chi connectivity index (χ0) is 17.3. The van der Waals surface area contributed by atoms with Gasteiger partial charge in [-0.15, -0.1) is 0 Å². The summed E-state index contributed by atoms with van der Waals surface area (Å²) in [6.07, 6.45) is 10.8. The minimum Gasteiger partial charge on any atom is -0.396 e. The first-order valence-electron chi connectivity index (χ1n) is 9.47. The first kappa shape index (κ1) is 22.8. The summed E-state index contributed by atoms with van der Waals surface area (Å²) >= 11 is 0. The second kappa shape index (κ2) is 16.7. The van der Waals surface area contributed by atoms with Crippen LogP contribution in [0.1, 0.15) is 78.6 Å². The van der Waals surface area contributed by atoms with Crippen molar-refractivity contribution < 1.29 is 19.3 Å². The van der Waals surface area contributed by atoms with E-state index in [0.29, 0.717) is 18.3 Å². The standard InChI is InChI=1S/C19H40O4/c1-17(21-4)11-6-9-15-23-19(3)13-7-10-16-22-18(2)12-5-8-14-20/h17-20H,5-16H2,1-4H3. The van der Waals surface area contributed by atoms with Gasteiger partial charge in [-0.1, -0.05) is 0 Å². The van der Waals surface area contributed by atoms with Crippen LogP contribution < -0.4 is 0 Å². The molecule has 4 heteroatoms. The van der Waals surface area contributed by atoms with E-state index in [-0.39, 0.29) is 6.61 Å². The van der Waals surface area contributed by atoms with Gasteiger partial charge in [0, 0.05) is 26.9 Å². The van der Waals surface area contributed by atoms with E-state index in [9.17, 15) is 0 Å². The van der Waals surface area contributed by atoms with E-state index >= 15 is 0 Å². The molecule has 0 saturated heterocycles. The first-order chi connectivity index (χ1) is 11.1. The molecule has 0 aliphatic carbocycles. The van der Waals surface area contributed by atoms with Crippen molar-refractivity contribution in [2.75, 3.05) is 26.9 Å². The monoisotopic (exact) mass is 332 g/mol. The lowest BCUT2D eigenvalue weighted by Gasteiger charge is -2.15. The van der Waals surface area contributed by atoms with Crippen LogP contribution in [0.2, 0.25) is 0 Å². The maximum atomic E-state index is 8.75. The Kier molecular flexibility index (Phi) is 16.6. The van der Waals surface area contributed by atoms with E-state index in [0.717, 1.165) is 64.6 Å². The largest absolute Gasteiger partial charge is 0.396 e. The molecule has 0 saturated carbocycles. The number of unbranched alkanes of at least 4 members (excludes halogenated alkanes) is 3. The molecule has 0 spiro atoms. The molecule has 23 heavy (non-hydrogen) atoms. The number of ether oxygens (including phenoxy) is 3. The highest BCUT2D eigenvalue weighted by atomic mass is 16.5. The molecule has 0 amide bonds. The predicted molar refractivity (Wildman–Crippen MR) is 95.9 cm³/mol. The Hall–Kier alpha value is -0.160. The zero-order valence-corrected chi connectivity index (χ0v) is 15.9. The molecular weight excluding hydrogens is 292 g/mol. The van der Waals surface area contributed by atoms with Gasteiger partial charge in [-0.25, -0.2) is 0 Å². The highest BCUT2D eigenvalue weighted by molar-refractivity contribution is 4.55. The summed E-state index contributed by atoms with van der Waals surface area (Å²) in [6.45, 7) is 8.37. The van der Waals surface area contributed by atoms with E-state index in [4.69, 9.17) is 19.3 Å². The Bertz CT molecular complexity index is 235. The second-order valence-corrected chi connectivity index (χ2v) is 6.62. The number of aliphatic hydroxyl groups excluding tert-OH is 1. The average Bonchev–Trinajstić information content (AvgIpc) is 2.54. The summed E-state index contributed by atoms with van der Waals surface area (Å²) in [4.78, 5) is 0. The van der Waals surface area contributed by atoms with Crippen LogP contribution in [0.5, 0.6) is 0 Å². The van der Waals surface area contributed by atoms with Crippen molar-refractivity contribution in [3.05, 3.63) is 0 Å². The topological polar surface area (TPSA) is 47.9 Å². The van der Waals surface area contributed by atoms with Crippen molar-refractivity contribution in [2.45, 2.75) is 96.9 Å². The van der Waals surface area contributed by atoms with Crippen LogP contribution in [0.15, 0.2) is 0 Å². The third kappa shape index (κ3) is 16.5. The Balaban J connectivity index is 3.31. The first-order valence-corrected chi connectivity index (χ1v) is 9.47. The van der Waals surface area contributed by atoms with Crippen molar-refractivity contribution in [2.24, 2.45) is 0 Å². The Labute approximate surface area is 143 Å². The summed E-state index contributed by atoms with van der Waals surface area (Å²) in [5.41, 5.74) is 0. The molecule has 0 rings (SSSR count). The molecule has 0 aromatic heterocycles. The lowest BCUT2D eigenvalue weighted by atomic mass is 10.1. The normalized spacial score (nSPS) is 15.5. The number of methoxy groups -OCH3 is 1. The van der Waals surface area contributed by atoms with Gasteiger partial charge in [0.2, 0.25) is 0 Å². The summed E-state index contributed by atoms with van der Waals surface area (Å²) in [5.74, 6) is 0. The SMILES string of the molecule is COC(C)CCCCOC(C)CCCCOC(C)CCCCO. The molecule has 0 fully saturated rings. The minimum atomic E-state index is 0.288. The number of aliphatic hydroxyl groups is 1. The molecule has 0 bridgehead atoms. The molecule has 0 aromatic carbocycles. The van der Waals surface area contributed by atoms with E-state index < -0.39 is 0 Å². The average molecular weight is 333 g/mol. The lowest BCUT2D eigenvalue weighted by molar-refractivity contribution is 0.0401. The van der Waals surface area contributed by atoms with E-state index in [1.165, 1.54) is 6.42 Å². The molecule has 0 aromatic rings. The zero-order valence-electron chi connectivity index (χ0n) is 15.9. The maximum absolute atomic E-state index is 8.75. The summed E-state index contributed by atoms with van der Waals surface area (Å²) in [7, 11) is 1.77. The maximum Gasteiger partial charge on any atom is 0.0547 e. The third-order valence-electron chi connectivity index (χ3n) is 4.24. The van der Waals surface area contributed by atoms with Gasteiger partial charge in [-0.3, -0.25) is 0 Å². The van der Waals surface area contributed by atoms with Gasteiger partial charge < -0.3 is 19.3 Å². The molecule has 0 aliphatic rings. The fourth-order valence-corrected chi connectivity index (χ4v) is 2.46. The molecule has 140 valence electrons. The van der Waals surface area contributed by atoms with Gasteiger partial charge in [0.05, 0.1) is 18.3 Å². The molecule has 3 unspecified atom stereocenters. The van der Waals surface area contributed by atoms with E-state index in [2.05, 4.69) is 20.8 Å². The van der Waals surface area contributed by atoms with Gasteiger partial charge in [-0.2, -0.15) is 0 Å². The Morgan fingerprint density at radius 1 is 0.652 bits per heavy atom. The molecule has 0 heterocycles. The van der Waals surface area contributed by atoms with Crippen LogP contribution >= 0.6 is 0 Å². The van der Waals surface area contributed by atoms with Gasteiger partial charge in [0.25, 0.3) is 0 Å². The molecule has 4 nitrogen and oxygen atoms in total. The van der Waals surface area contributed by atoms with Crippen molar-refractivity contribution in [3.8, 4) is 0 Å². The van der Waals surface area contributed by atoms with Crippen LogP contribution in [-0.4, -0.2) is 50.3 Å². The van der Waals surface area contributed by atoms with E-state index in [1.807, 2.05) is 0 Å². The fraction of sp³-hybridized carbons (Fsp3) is 1.00. The van der Waals surface area contributed by atoms with Gasteiger partial charge in [0.1, 0.15) is 0 Å². The highest BCUT2D eigenvalue weighted by Gasteiger charge is 2.05. The van der Waals surface area contributed by atoms with Gasteiger partial charge >= 0.3 is 0 Å². The number of hydrogen-bond acceptors (Lipinski definition) is 4. The quantitative estimate of drug-likeness (QED) is 0.403. The molecular formula is C19H40O4. The van der Waals surface area contributed by atoms with Crippen LogP contribution in [0.4, 0.5) is 0 Å². The predicted octanol–water partition coefficient (Wildman–Crippen LogP) is 4.33.